The Morgan fingerprint density at radius 3 is 2.36 bits per heavy atom. The minimum atomic E-state index is -1.67. The van der Waals surface area contributed by atoms with Crippen molar-refractivity contribution in [3.05, 3.63) is 23.2 Å². The molecule has 0 bridgehead atoms. The van der Waals surface area contributed by atoms with Gasteiger partial charge in [0.2, 0.25) is 0 Å². The van der Waals surface area contributed by atoms with E-state index in [0.717, 1.165) is 4.90 Å². The Balaban J connectivity index is 2.33. The van der Waals surface area contributed by atoms with E-state index in [1.165, 1.54) is 19.3 Å². The summed E-state index contributed by atoms with van der Waals surface area (Å²) in [6, 6.07) is 0. The molecule has 2 heterocycles. The fraction of sp³-hybridized carbons (Fsp3) is 0.625. The van der Waals surface area contributed by atoms with Gasteiger partial charge in [-0.05, 0) is 27.7 Å². The minimum Gasteiger partial charge on any atom is -0.480 e. The molecule has 25 heavy (non-hydrogen) atoms. The van der Waals surface area contributed by atoms with Crippen LogP contribution in [0.15, 0.2) is 12.4 Å². The first-order chi connectivity index (χ1) is 11.4. The first kappa shape index (κ1) is 19.4. The van der Waals surface area contributed by atoms with Gasteiger partial charge in [-0.15, -0.1) is 0 Å². The number of carboxylic acid groups (broad SMARTS) is 1. The fourth-order valence-corrected chi connectivity index (χ4v) is 2.94. The average Bonchev–Trinajstić information content (AvgIpc) is 2.45. The van der Waals surface area contributed by atoms with Gasteiger partial charge in [0.05, 0.1) is 5.02 Å². The van der Waals surface area contributed by atoms with Crippen molar-refractivity contribution in [1.82, 2.24) is 14.9 Å². The van der Waals surface area contributed by atoms with Gasteiger partial charge in [0.15, 0.2) is 5.82 Å². The van der Waals surface area contributed by atoms with Crippen LogP contribution in [0, 0.1) is 0 Å². The van der Waals surface area contributed by atoms with Gasteiger partial charge in [0, 0.05) is 31.8 Å². The third-order valence-electron chi connectivity index (χ3n) is 4.09. The van der Waals surface area contributed by atoms with Crippen LogP contribution in [0.25, 0.3) is 0 Å². The van der Waals surface area contributed by atoms with Crippen LogP contribution in [-0.2, 0) is 15.1 Å². The SMILES string of the molecule is CC(C)(C)OC(=O)N1CCC(O)(c2ncc(Cl)cn2)C[C@]1(C)C(=O)O. The summed E-state index contributed by atoms with van der Waals surface area (Å²) in [5.41, 5.74) is -4.02. The van der Waals surface area contributed by atoms with Crippen LogP contribution in [0.5, 0.6) is 0 Å². The van der Waals surface area contributed by atoms with Crippen LogP contribution < -0.4 is 0 Å². The standard InChI is InChI=1S/C16H22ClN3O5/c1-14(2,3)25-13(23)20-6-5-16(24,9-15(20,4)12(21)22)11-18-7-10(17)8-19-11/h7-8,24H,5-6,9H2,1-4H3,(H,21,22)/t15-,16?/m1/s1. The van der Waals surface area contributed by atoms with Crippen molar-refractivity contribution in [1.29, 1.82) is 0 Å². The van der Waals surface area contributed by atoms with Gasteiger partial charge in [0.1, 0.15) is 16.7 Å². The number of aliphatic hydroxyl groups is 1. The second kappa shape index (κ2) is 6.42. The number of hydrogen-bond acceptors (Lipinski definition) is 6. The Morgan fingerprint density at radius 2 is 1.88 bits per heavy atom. The summed E-state index contributed by atoms with van der Waals surface area (Å²) in [6.45, 7) is 6.46. The van der Waals surface area contributed by atoms with Crippen LogP contribution in [0.2, 0.25) is 5.02 Å². The number of ether oxygens (including phenoxy) is 1. The molecule has 9 heteroatoms. The first-order valence-corrected chi connectivity index (χ1v) is 8.20. The Morgan fingerprint density at radius 1 is 1.32 bits per heavy atom. The van der Waals surface area contributed by atoms with Crippen molar-refractivity contribution < 1.29 is 24.5 Å². The highest BCUT2D eigenvalue weighted by Gasteiger charge is 2.54. The molecule has 1 unspecified atom stereocenters. The summed E-state index contributed by atoms with van der Waals surface area (Å²) in [6.07, 6.45) is 1.74. The van der Waals surface area contributed by atoms with E-state index in [9.17, 15) is 19.8 Å². The molecule has 2 N–H and O–H groups in total. The molecular formula is C16H22ClN3O5. The Kier molecular flexibility index (Phi) is 4.98. The van der Waals surface area contributed by atoms with Crippen molar-refractivity contribution in [3.8, 4) is 0 Å². The van der Waals surface area contributed by atoms with Crippen LogP contribution in [0.4, 0.5) is 4.79 Å². The maximum absolute atomic E-state index is 12.4. The second-order valence-corrected chi connectivity index (χ2v) is 7.83. The van der Waals surface area contributed by atoms with E-state index in [1.807, 2.05) is 0 Å². The number of aromatic nitrogens is 2. The number of likely N-dealkylation sites (tertiary alicyclic amines) is 1. The molecule has 1 aromatic rings. The predicted molar refractivity (Wildman–Crippen MR) is 89.2 cm³/mol. The quantitative estimate of drug-likeness (QED) is 0.819. The predicted octanol–water partition coefficient (Wildman–Crippen LogP) is 2.19. The smallest absolute Gasteiger partial charge is 0.411 e. The van der Waals surface area contributed by atoms with Gasteiger partial charge in [0.25, 0.3) is 0 Å². The molecule has 2 atom stereocenters. The third kappa shape index (κ3) is 4.01. The lowest BCUT2D eigenvalue weighted by molar-refractivity contribution is -0.163. The van der Waals surface area contributed by atoms with E-state index in [0.29, 0.717) is 5.02 Å². The largest absolute Gasteiger partial charge is 0.480 e. The van der Waals surface area contributed by atoms with Gasteiger partial charge in [-0.1, -0.05) is 11.6 Å². The average molecular weight is 372 g/mol. The number of piperidine rings is 1. The van der Waals surface area contributed by atoms with Crippen molar-refractivity contribution in [3.63, 3.8) is 0 Å². The maximum atomic E-state index is 12.4. The number of aliphatic carboxylic acids is 1. The lowest BCUT2D eigenvalue weighted by atomic mass is 9.77. The molecule has 0 saturated carbocycles. The Hall–Kier alpha value is -1.93. The van der Waals surface area contributed by atoms with Crippen LogP contribution >= 0.6 is 11.6 Å². The number of hydrogen-bond donors (Lipinski definition) is 2. The molecule has 1 aliphatic rings. The summed E-state index contributed by atoms with van der Waals surface area (Å²) in [5.74, 6) is -1.17. The van der Waals surface area contributed by atoms with Crippen LogP contribution in [0.3, 0.4) is 0 Å². The number of halogens is 1. The summed E-state index contributed by atoms with van der Waals surface area (Å²) in [7, 11) is 0. The molecule has 1 aromatic heterocycles. The van der Waals surface area contributed by atoms with E-state index < -0.39 is 28.8 Å². The monoisotopic (exact) mass is 371 g/mol. The van der Waals surface area contributed by atoms with Crippen molar-refractivity contribution >= 4 is 23.7 Å². The van der Waals surface area contributed by atoms with E-state index in [-0.39, 0.29) is 25.2 Å². The zero-order chi connectivity index (χ0) is 19.0. The highest BCUT2D eigenvalue weighted by Crippen LogP contribution is 2.40. The van der Waals surface area contributed by atoms with E-state index in [4.69, 9.17) is 16.3 Å². The van der Waals surface area contributed by atoms with E-state index >= 15 is 0 Å². The molecule has 0 aromatic carbocycles. The second-order valence-electron chi connectivity index (χ2n) is 7.39. The molecule has 138 valence electrons. The molecule has 0 spiro atoms. The summed E-state index contributed by atoms with van der Waals surface area (Å²) in [5, 5.41) is 21.0. The summed E-state index contributed by atoms with van der Waals surface area (Å²) >= 11 is 5.76. The molecule has 1 saturated heterocycles. The molecule has 1 amide bonds. The lowest BCUT2D eigenvalue weighted by Gasteiger charge is -2.47. The third-order valence-corrected chi connectivity index (χ3v) is 4.29. The van der Waals surface area contributed by atoms with Gasteiger partial charge in [-0.2, -0.15) is 0 Å². The van der Waals surface area contributed by atoms with Crippen molar-refractivity contribution in [2.75, 3.05) is 6.54 Å². The van der Waals surface area contributed by atoms with Gasteiger partial charge in [-0.25, -0.2) is 19.6 Å². The summed E-state index contributed by atoms with van der Waals surface area (Å²) < 4.78 is 5.31. The summed E-state index contributed by atoms with van der Waals surface area (Å²) in [4.78, 5) is 33.5. The zero-order valence-corrected chi connectivity index (χ0v) is 15.4. The number of rotatable bonds is 2. The highest BCUT2D eigenvalue weighted by molar-refractivity contribution is 6.30. The van der Waals surface area contributed by atoms with Crippen molar-refractivity contribution in [2.45, 2.75) is 57.3 Å². The first-order valence-electron chi connectivity index (χ1n) is 7.82. The van der Waals surface area contributed by atoms with Gasteiger partial charge < -0.3 is 14.9 Å². The van der Waals surface area contributed by atoms with E-state index in [1.54, 1.807) is 20.8 Å². The fourth-order valence-electron chi connectivity index (χ4n) is 2.84. The number of amides is 1. The van der Waals surface area contributed by atoms with Gasteiger partial charge in [-0.3, -0.25) is 4.90 Å². The molecule has 8 nitrogen and oxygen atoms in total. The molecular weight excluding hydrogens is 350 g/mol. The lowest BCUT2D eigenvalue weighted by Crippen LogP contribution is -2.63. The van der Waals surface area contributed by atoms with Crippen LogP contribution in [0.1, 0.15) is 46.4 Å². The topological polar surface area (TPSA) is 113 Å². The van der Waals surface area contributed by atoms with Crippen molar-refractivity contribution in [2.24, 2.45) is 0 Å². The number of carboxylic acids is 1. The molecule has 1 aliphatic heterocycles. The molecule has 0 aliphatic carbocycles. The van der Waals surface area contributed by atoms with Crippen LogP contribution in [-0.4, -0.2) is 54.8 Å². The normalized spacial score (nSPS) is 27.0. The molecule has 1 fully saturated rings. The minimum absolute atomic E-state index is 0.0137. The number of nitrogens with zero attached hydrogens (tertiary/aromatic N) is 3. The number of carbonyl (C=O) groups is 2. The molecule has 2 rings (SSSR count). The maximum Gasteiger partial charge on any atom is 0.411 e. The zero-order valence-electron chi connectivity index (χ0n) is 14.6. The highest BCUT2D eigenvalue weighted by atomic mass is 35.5. The Bertz CT molecular complexity index is 675. The van der Waals surface area contributed by atoms with Gasteiger partial charge >= 0.3 is 12.1 Å². The molecule has 0 radical (unpaired) electrons. The van der Waals surface area contributed by atoms with E-state index in [2.05, 4.69) is 9.97 Å². The number of carbonyl (C=O) groups excluding carboxylic acids is 1. The Labute approximate surface area is 150 Å².